The molecular weight excluding hydrogens is 414 g/mol. The number of benzene rings is 2. The summed E-state index contributed by atoms with van der Waals surface area (Å²) in [7, 11) is 0. The van der Waals surface area contributed by atoms with Crippen molar-refractivity contribution in [1.29, 1.82) is 0 Å². The maximum atomic E-state index is 11.8. The van der Waals surface area contributed by atoms with Gasteiger partial charge in [0.05, 0.1) is 16.9 Å². The molecule has 0 bridgehead atoms. The summed E-state index contributed by atoms with van der Waals surface area (Å²) in [5.74, 6) is 1.70. The minimum Gasteiger partial charge on any atom is -0.455 e. The van der Waals surface area contributed by atoms with E-state index in [1.54, 1.807) is 30.3 Å². The van der Waals surface area contributed by atoms with E-state index in [4.69, 9.17) is 16.0 Å². The Morgan fingerprint density at radius 2 is 2.00 bits per heavy atom. The Hall–Kier alpha value is -3.10. The summed E-state index contributed by atoms with van der Waals surface area (Å²) in [5.41, 5.74) is 4.21. The van der Waals surface area contributed by atoms with Gasteiger partial charge in [-0.2, -0.15) is 5.10 Å². The second kappa shape index (κ2) is 9.90. The molecule has 9 heteroatoms. The maximum Gasteiger partial charge on any atom is 0.269 e. The van der Waals surface area contributed by atoms with Crippen molar-refractivity contribution in [3.05, 3.63) is 87.1 Å². The lowest BCUT2D eigenvalue weighted by molar-refractivity contribution is -0.384. The number of halogens is 1. The van der Waals surface area contributed by atoms with Gasteiger partial charge in [0.1, 0.15) is 11.5 Å². The van der Waals surface area contributed by atoms with Crippen molar-refractivity contribution >= 4 is 41.2 Å². The topological polar surface area (TPSA) is 97.7 Å². The number of rotatable bonds is 8. The smallest absolute Gasteiger partial charge is 0.269 e. The number of nitrogens with zero attached hydrogens (tertiary/aromatic N) is 2. The lowest BCUT2D eigenvalue weighted by atomic mass is 10.1. The molecule has 0 aliphatic heterocycles. The van der Waals surface area contributed by atoms with E-state index in [1.807, 2.05) is 18.2 Å². The number of thioether (sulfide) groups is 1. The highest BCUT2D eigenvalue weighted by atomic mass is 35.5. The van der Waals surface area contributed by atoms with Crippen LogP contribution in [0.5, 0.6) is 0 Å². The molecule has 0 aliphatic rings. The number of hydrazone groups is 1. The van der Waals surface area contributed by atoms with Crippen molar-refractivity contribution < 1.29 is 14.1 Å². The minimum absolute atomic E-state index is 0.0121. The number of nitro benzene ring substituents is 1. The Bertz CT molecular complexity index is 1030. The molecule has 0 atom stereocenters. The first-order valence-corrected chi connectivity index (χ1v) is 10.0. The van der Waals surface area contributed by atoms with Crippen LogP contribution in [0.2, 0.25) is 5.02 Å². The van der Waals surface area contributed by atoms with Crippen LogP contribution in [0.15, 0.2) is 70.2 Å². The summed E-state index contributed by atoms with van der Waals surface area (Å²) < 4.78 is 5.61. The van der Waals surface area contributed by atoms with Gasteiger partial charge in [-0.25, -0.2) is 5.43 Å². The fourth-order valence-electron chi connectivity index (χ4n) is 2.41. The summed E-state index contributed by atoms with van der Waals surface area (Å²) in [6, 6.07) is 17.0. The van der Waals surface area contributed by atoms with Crippen LogP contribution in [-0.2, 0) is 10.5 Å². The first-order chi connectivity index (χ1) is 14.0. The van der Waals surface area contributed by atoms with Crippen LogP contribution in [0.3, 0.4) is 0 Å². The largest absolute Gasteiger partial charge is 0.455 e. The Morgan fingerprint density at radius 1 is 1.21 bits per heavy atom. The Morgan fingerprint density at radius 3 is 2.72 bits per heavy atom. The third kappa shape index (κ3) is 6.20. The van der Waals surface area contributed by atoms with Crippen molar-refractivity contribution in [3.63, 3.8) is 0 Å². The average Bonchev–Trinajstić information content (AvgIpc) is 3.17. The van der Waals surface area contributed by atoms with Crippen LogP contribution in [0.4, 0.5) is 5.69 Å². The summed E-state index contributed by atoms with van der Waals surface area (Å²) in [5, 5.41) is 15.3. The van der Waals surface area contributed by atoms with Crippen LogP contribution < -0.4 is 5.43 Å². The van der Waals surface area contributed by atoms with E-state index >= 15 is 0 Å². The molecule has 0 fully saturated rings. The summed E-state index contributed by atoms with van der Waals surface area (Å²) in [6.45, 7) is 0. The molecule has 29 heavy (non-hydrogen) atoms. The third-order valence-electron chi connectivity index (χ3n) is 3.76. The quantitative estimate of drug-likeness (QED) is 0.312. The van der Waals surface area contributed by atoms with E-state index in [-0.39, 0.29) is 17.3 Å². The van der Waals surface area contributed by atoms with Gasteiger partial charge >= 0.3 is 0 Å². The van der Waals surface area contributed by atoms with Crippen LogP contribution in [0.25, 0.3) is 11.3 Å². The molecule has 148 valence electrons. The second-order valence-electron chi connectivity index (χ2n) is 5.92. The Labute approximate surface area is 175 Å². The van der Waals surface area contributed by atoms with Crippen molar-refractivity contribution in [2.45, 2.75) is 5.75 Å². The van der Waals surface area contributed by atoms with Crippen LogP contribution >= 0.6 is 23.4 Å². The van der Waals surface area contributed by atoms with Gasteiger partial charge in [0.25, 0.3) is 5.69 Å². The summed E-state index contributed by atoms with van der Waals surface area (Å²) in [4.78, 5) is 22.1. The maximum absolute atomic E-state index is 11.8. The minimum atomic E-state index is -0.458. The fourth-order valence-corrected chi connectivity index (χ4v) is 3.39. The zero-order valence-corrected chi connectivity index (χ0v) is 16.7. The highest BCUT2D eigenvalue weighted by molar-refractivity contribution is 7.99. The van der Waals surface area contributed by atoms with Crippen LogP contribution in [-0.4, -0.2) is 22.8 Å². The Kier molecular flexibility index (Phi) is 7.04. The fraction of sp³-hybridized carbons (Fsp3) is 0.100. The van der Waals surface area contributed by atoms with Gasteiger partial charge in [0, 0.05) is 28.5 Å². The van der Waals surface area contributed by atoms with E-state index in [0.717, 1.165) is 5.56 Å². The molecular formula is C20H16ClN3O4S. The molecule has 0 saturated heterocycles. The molecule has 1 N–H and O–H groups in total. The Balaban J connectivity index is 1.46. The summed E-state index contributed by atoms with van der Waals surface area (Å²) in [6.07, 6.45) is 1.40. The number of hydrogen-bond acceptors (Lipinski definition) is 6. The highest BCUT2D eigenvalue weighted by Gasteiger charge is 2.08. The lowest BCUT2D eigenvalue weighted by Crippen LogP contribution is -2.19. The molecule has 0 spiro atoms. The molecule has 1 aromatic heterocycles. The predicted octanol–water partition coefficient (Wildman–Crippen LogP) is 4.89. The number of nitrogens with one attached hydrogen (secondary N) is 1. The van der Waals surface area contributed by atoms with E-state index in [1.165, 1.54) is 30.1 Å². The number of nitro groups is 1. The molecule has 1 amide bonds. The first-order valence-electron chi connectivity index (χ1n) is 8.50. The van der Waals surface area contributed by atoms with Crippen molar-refractivity contribution in [2.24, 2.45) is 5.10 Å². The number of carbonyl (C=O) groups excluding carboxylic acids is 1. The van der Waals surface area contributed by atoms with Gasteiger partial charge in [-0.3, -0.25) is 14.9 Å². The first kappa shape index (κ1) is 20.6. The van der Waals surface area contributed by atoms with E-state index in [9.17, 15) is 14.9 Å². The number of amides is 1. The van der Waals surface area contributed by atoms with Crippen molar-refractivity contribution in [3.8, 4) is 11.3 Å². The van der Waals surface area contributed by atoms with Crippen molar-refractivity contribution in [1.82, 2.24) is 5.43 Å². The van der Waals surface area contributed by atoms with E-state index in [0.29, 0.717) is 27.9 Å². The van der Waals surface area contributed by atoms with E-state index in [2.05, 4.69) is 10.5 Å². The highest BCUT2D eigenvalue weighted by Crippen LogP contribution is 2.24. The SMILES string of the molecule is O=C(CSCc1cccc(Cl)c1)N/N=C\c1ccc(-c2ccc([N+](=O)[O-])cc2)o1. The third-order valence-corrected chi connectivity index (χ3v) is 5.00. The summed E-state index contributed by atoms with van der Waals surface area (Å²) >= 11 is 7.39. The molecule has 7 nitrogen and oxygen atoms in total. The predicted molar refractivity (Wildman–Crippen MR) is 114 cm³/mol. The number of hydrogen-bond donors (Lipinski definition) is 1. The van der Waals surface area contributed by atoms with Gasteiger partial charge in [-0.15, -0.1) is 11.8 Å². The standard InChI is InChI=1S/C20H16ClN3O4S/c21-16-3-1-2-14(10-16)12-29-13-20(25)23-22-11-18-8-9-19(28-18)15-4-6-17(7-5-15)24(26)27/h1-11H,12-13H2,(H,23,25)/b22-11-. The lowest BCUT2D eigenvalue weighted by Gasteiger charge is -2.02. The molecule has 1 heterocycles. The molecule has 0 aliphatic carbocycles. The average molecular weight is 430 g/mol. The number of furan rings is 1. The van der Waals surface area contributed by atoms with Crippen LogP contribution in [0, 0.1) is 10.1 Å². The number of carbonyl (C=O) groups is 1. The molecule has 3 rings (SSSR count). The molecule has 0 saturated carbocycles. The molecule has 0 radical (unpaired) electrons. The van der Waals surface area contributed by atoms with Gasteiger partial charge in [-0.1, -0.05) is 23.7 Å². The van der Waals surface area contributed by atoms with Crippen molar-refractivity contribution in [2.75, 3.05) is 5.75 Å². The number of non-ortho nitro benzene ring substituents is 1. The molecule has 0 unspecified atom stereocenters. The zero-order chi connectivity index (χ0) is 20.6. The zero-order valence-electron chi connectivity index (χ0n) is 15.1. The molecule has 3 aromatic rings. The van der Waals surface area contributed by atoms with Gasteiger partial charge < -0.3 is 4.42 Å². The van der Waals surface area contributed by atoms with Gasteiger partial charge in [-0.05, 0) is 42.0 Å². The normalized spacial score (nSPS) is 10.9. The van der Waals surface area contributed by atoms with E-state index < -0.39 is 4.92 Å². The van der Waals surface area contributed by atoms with Crippen LogP contribution in [0.1, 0.15) is 11.3 Å². The van der Waals surface area contributed by atoms with Gasteiger partial charge in [0.15, 0.2) is 0 Å². The van der Waals surface area contributed by atoms with Gasteiger partial charge in [0.2, 0.25) is 5.91 Å². The molecule has 2 aromatic carbocycles. The monoisotopic (exact) mass is 429 g/mol. The second-order valence-corrected chi connectivity index (χ2v) is 7.34.